The summed E-state index contributed by atoms with van der Waals surface area (Å²) in [5.41, 5.74) is 0.397. The Morgan fingerprint density at radius 3 is 2.03 bits per heavy atom. The molecule has 170 valence electrons. The summed E-state index contributed by atoms with van der Waals surface area (Å²) in [7, 11) is 1.46. The van der Waals surface area contributed by atoms with Crippen LogP contribution >= 0.6 is 0 Å². The van der Waals surface area contributed by atoms with Gasteiger partial charge in [-0.1, -0.05) is 76.9 Å². The maximum Gasteiger partial charge on any atom is 0.338 e. The number of phenols is 1. The third kappa shape index (κ3) is 12.6. The van der Waals surface area contributed by atoms with Crippen molar-refractivity contribution in [3.05, 3.63) is 35.9 Å². The molecule has 4 heteroatoms. The molecule has 0 aliphatic carbocycles. The van der Waals surface area contributed by atoms with Gasteiger partial charge in [-0.2, -0.15) is 0 Å². The number of hydrogen-bond donors (Lipinski definition) is 1. The lowest BCUT2D eigenvalue weighted by atomic mass is 10.1. The molecular weight excluding hydrogens is 376 g/mol. The summed E-state index contributed by atoms with van der Waals surface area (Å²) < 4.78 is 10.3. The van der Waals surface area contributed by atoms with Crippen LogP contribution < -0.4 is 4.74 Å². The van der Waals surface area contributed by atoms with E-state index in [1.807, 2.05) is 0 Å². The molecule has 0 saturated carbocycles. The van der Waals surface area contributed by atoms with Crippen LogP contribution in [-0.2, 0) is 4.74 Å². The van der Waals surface area contributed by atoms with Crippen molar-refractivity contribution in [1.82, 2.24) is 0 Å². The summed E-state index contributed by atoms with van der Waals surface area (Å²) in [5.74, 6) is -0.0786. The van der Waals surface area contributed by atoms with E-state index in [0.717, 1.165) is 12.8 Å². The van der Waals surface area contributed by atoms with Gasteiger partial charge in [0.05, 0.1) is 19.3 Å². The Hall–Kier alpha value is -1.97. The molecule has 0 aromatic heterocycles. The molecule has 0 fully saturated rings. The van der Waals surface area contributed by atoms with E-state index in [4.69, 9.17) is 9.47 Å². The van der Waals surface area contributed by atoms with Gasteiger partial charge in [0.1, 0.15) is 0 Å². The minimum absolute atomic E-state index is 0.0161. The first-order valence-electron chi connectivity index (χ1n) is 11.9. The molecular formula is C26H42O4. The van der Waals surface area contributed by atoms with E-state index in [1.165, 1.54) is 96.3 Å². The Kier molecular flexibility index (Phi) is 15.5. The van der Waals surface area contributed by atoms with E-state index >= 15 is 0 Å². The molecule has 0 bridgehead atoms. The van der Waals surface area contributed by atoms with Crippen molar-refractivity contribution < 1.29 is 19.4 Å². The highest BCUT2D eigenvalue weighted by molar-refractivity contribution is 5.90. The van der Waals surface area contributed by atoms with Crippen molar-refractivity contribution in [2.45, 2.75) is 96.8 Å². The van der Waals surface area contributed by atoms with Gasteiger partial charge in [0.25, 0.3) is 0 Å². The number of methoxy groups -OCH3 is 1. The number of hydrogen-bond acceptors (Lipinski definition) is 4. The minimum Gasteiger partial charge on any atom is -0.504 e. The molecule has 30 heavy (non-hydrogen) atoms. The summed E-state index contributed by atoms with van der Waals surface area (Å²) in [5, 5.41) is 9.57. The maximum absolute atomic E-state index is 12.0. The summed E-state index contributed by atoms with van der Waals surface area (Å²) in [6.07, 6.45) is 22.3. The van der Waals surface area contributed by atoms with Gasteiger partial charge in [0.2, 0.25) is 0 Å². The van der Waals surface area contributed by atoms with Crippen LogP contribution in [-0.4, -0.2) is 24.8 Å². The molecule has 0 unspecified atom stereocenters. The van der Waals surface area contributed by atoms with Gasteiger partial charge in [0.15, 0.2) is 11.5 Å². The Labute approximate surface area is 183 Å². The number of ether oxygens (including phenoxy) is 2. The number of esters is 1. The molecule has 1 rings (SSSR count). The van der Waals surface area contributed by atoms with Crippen molar-refractivity contribution in [3.8, 4) is 11.5 Å². The SMILES string of the molecule is CCCCCCCC/C=C\CCCCCCCCOC(=O)c1ccc(O)c(OC)c1. The van der Waals surface area contributed by atoms with Crippen LogP contribution in [0.5, 0.6) is 11.5 Å². The Morgan fingerprint density at radius 2 is 1.43 bits per heavy atom. The Bertz CT molecular complexity index is 595. The average molecular weight is 419 g/mol. The Balaban J connectivity index is 1.92. The molecule has 0 saturated heterocycles. The number of carbonyl (C=O) groups excluding carboxylic acids is 1. The topological polar surface area (TPSA) is 55.8 Å². The van der Waals surface area contributed by atoms with E-state index in [2.05, 4.69) is 19.1 Å². The van der Waals surface area contributed by atoms with Crippen molar-refractivity contribution in [2.24, 2.45) is 0 Å². The van der Waals surface area contributed by atoms with Gasteiger partial charge in [-0.3, -0.25) is 0 Å². The lowest BCUT2D eigenvalue weighted by molar-refractivity contribution is 0.0497. The van der Waals surface area contributed by atoms with Crippen molar-refractivity contribution >= 4 is 5.97 Å². The van der Waals surface area contributed by atoms with Gasteiger partial charge < -0.3 is 14.6 Å². The highest BCUT2D eigenvalue weighted by atomic mass is 16.5. The van der Waals surface area contributed by atoms with Crippen LogP contribution in [0, 0.1) is 0 Å². The number of unbranched alkanes of at least 4 members (excludes halogenated alkanes) is 12. The second kappa shape index (κ2) is 17.9. The highest BCUT2D eigenvalue weighted by Gasteiger charge is 2.10. The first-order chi connectivity index (χ1) is 14.7. The number of benzene rings is 1. The lowest BCUT2D eigenvalue weighted by Crippen LogP contribution is -2.06. The van der Waals surface area contributed by atoms with Crippen molar-refractivity contribution in [3.63, 3.8) is 0 Å². The fourth-order valence-corrected chi connectivity index (χ4v) is 3.40. The Morgan fingerprint density at radius 1 is 0.867 bits per heavy atom. The van der Waals surface area contributed by atoms with Crippen LogP contribution in [0.25, 0.3) is 0 Å². The number of carbonyl (C=O) groups is 1. The quantitative estimate of drug-likeness (QED) is 0.151. The van der Waals surface area contributed by atoms with Gasteiger partial charge in [-0.05, 0) is 50.3 Å². The predicted octanol–water partition coefficient (Wildman–Crippen LogP) is 7.60. The molecule has 0 heterocycles. The fraction of sp³-hybridized carbons (Fsp3) is 0.654. The molecule has 0 aliphatic heterocycles. The zero-order valence-corrected chi connectivity index (χ0v) is 19.2. The number of aromatic hydroxyl groups is 1. The second-order valence-corrected chi connectivity index (χ2v) is 7.96. The fourth-order valence-electron chi connectivity index (χ4n) is 3.40. The maximum atomic E-state index is 12.0. The molecule has 1 aromatic carbocycles. The highest BCUT2D eigenvalue weighted by Crippen LogP contribution is 2.26. The third-order valence-electron chi connectivity index (χ3n) is 5.30. The van der Waals surface area contributed by atoms with E-state index in [0.29, 0.717) is 12.2 Å². The second-order valence-electron chi connectivity index (χ2n) is 7.96. The third-order valence-corrected chi connectivity index (χ3v) is 5.30. The minimum atomic E-state index is -0.374. The van der Waals surface area contributed by atoms with Gasteiger partial charge >= 0.3 is 5.97 Å². The van der Waals surface area contributed by atoms with Crippen LogP contribution in [0.15, 0.2) is 30.4 Å². The largest absolute Gasteiger partial charge is 0.504 e. The number of allylic oxidation sites excluding steroid dienone is 2. The first kappa shape index (κ1) is 26.1. The zero-order valence-electron chi connectivity index (χ0n) is 19.2. The summed E-state index contributed by atoms with van der Waals surface area (Å²) >= 11 is 0. The smallest absolute Gasteiger partial charge is 0.338 e. The number of rotatable bonds is 18. The number of phenolic OH excluding ortho intramolecular Hbond substituents is 1. The van der Waals surface area contributed by atoms with Gasteiger partial charge in [0, 0.05) is 0 Å². The van der Waals surface area contributed by atoms with E-state index < -0.39 is 0 Å². The molecule has 0 spiro atoms. The van der Waals surface area contributed by atoms with Gasteiger partial charge in [-0.25, -0.2) is 4.79 Å². The summed E-state index contributed by atoms with van der Waals surface area (Å²) in [4.78, 5) is 12.0. The summed E-state index contributed by atoms with van der Waals surface area (Å²) in [6, 6.07) is 4.49. The standard InChI is InChI=1S/C26H42O4/c1-3-4-5-6-7-8-9-10-11-12-13-14-15-16-17-18-21-30-26(28)23-19-20-24(27)25(22-23)29-2/h10-11,19-20,22,27H,3-9,12-18,21H2,1-2H3/b11-10-. The van der Waals surface area contributed by atoms with Gasteiger partial charge in [-0.15, -0.1) is 0 Å². The van der Waals surface area contributed by atoms with Crippen LogP contribution in [0.1, 0.15) is 107 Å². The lowest BCUT2D eigenvalue weighted by Gasteiger charge is -2.07. The van der Waals surface area contributed by atoms with E-state index in [9.17, 15) is 9.90 Å². The molecule has 0 radical (unpaired) electrons. The average Bonchev–Trinajstić information content (AvgIpc) is 2.76. The van der Waals surface area contributed by atoms with Crippen LogP contribution in [0.2, 0.25) is 0 Å². The molecule has 1 N–H and O–H groups in total. The van der Waals surface area contributed by atoms with Crippen molar-refractivity contribution in [1.29, 1.82) is 0 Å². The zero-order chi connectivity index (χ0) is 21.9. The molecule has 0 aliphatic rings. The van der Waals surface area contributed by atoms with Crippen LogP contribution in [0.3, 0.4) is 0 Å². The molecule has 1 aromatic rings. The normalized spacial score (nSPS) is 11.1. The first-order valence-corrected chi connectivity index (χ1v) is 11.9. The molecule has 0 amide bonds. The van der Waals surface area contributed by atoms with Crippen LogP contribution in [0.4, 0.5) is 0 Å². The van der Waals surface area contributed by atoms with E-state index in [-0.39, 0.29) is 17.5 Å². The molecule has 4 nitrogen and oxygen atoms in total. The predicted molar refractivity (Wildman–Crippen MR) is 124 cm³/mol. The monoisotopic (exact) mass is 418 g/mol. The molecule has 0 atom stereocenters. The van der Waals surface area contributed by atoms with Crippen molar-refractivity contribution in [2.75, 3.05) is 13.7 Å². The van der Waals surface area contributed by atoms with E-state index in [1.54, 1.807) is 6.07 Å². The summed E-state index contributed by atoms with van der Waals surface area (Å²) in [6.45, 7) is 2.70.